The largest absolute Gasteiger partial charge is 0.257 e. The molecule has 2 aromatic rings. The quantitative estimate of drug-likeness (QED) is 0.885. The Balaban J connectivity index is 2.03. The van der Waals surface area contributed by atoms with Crippen LogP contribution in [-0.2, 0) is 22.8 Å². The zero-order valence-corrected chi connectivity index (χ0v) is 11.9. The minimum absolute atomic E-state index is 0.359. The van der Waals surface area contributed by atoms with E-state index in [4.69, 9.17) is 0 Å². The average molecular weight is 294 g/mol. The number of benzene rings is 1. The van der Waals surface area contributed by atoms with Gasteiger partial charge in [-0.25, -0.2) is 8.42 Å². The molecule has 1 aromatic heterocycles. The Morgan fingerprint density at radius 1 is 1.11 bits per heavy atom. The summed E-state index contributed by atoms with van der Waals surface area (Å²) < 4.78 is 25.5. The molecular formula is C13H14N2O2S2. The van der Waals surface area contributed by atoms with E-state index in [1.165, 1.54) is 11.3 Å². The molecule has 0 spiro atoms. The van der Waals surface area contributed by atoms with Gasteiger partial charge in [0.25, 0.3) is 0 Å². The summed E-state index contributed by atoms with van der Waals surface area (Å²) in [5.41, 5.74) is 7.22. The summed E-state index contributed by atoms with van der Waals surface area (Å²) in [6.07, 6.45) is 0.858. The van der Waals surface area contributed by atoms with E-state index in [9.17, 15) is 8.42 Å². The molecule has 100 valence electrons. The minimum Gasteiger partial charge on any atom is -0.257 e. The fourth-order valence-corrected chi connectivity index (χ4v) is 5.06. The summed E-state index contributed by atoms with van der Waals surface area (Å²) in [5, 5.41) is 0. The second-order valence-electron chi connectivity index (χ2n) is 4.36. The first-order valence-corrected chi connectivity index (χ1v) is 8.35. The van der Waals surface area contributed by atoms with Gasteiger partial charge in [-0.1, -0.05) is 18.2 Å². The molecule has 3 rings (SSSR count). The fraction of sp³-hybridized carbons (Fsp3) is 0.231. The summed E-state index contributed by atoms with van der Waals surface area (Å²) in [7, 11) is -3.37. The number of rotatable bonds is 2. The number of nitrogens with one attached hydrogen (secondary N) is 2. The molecule has 1 aliphatic rings. The van der Waals surface area contributed by atoms with Crippen LogP contribution in [-0.4, -0.2) is 15.0 Å². The summed E-state index contributed by atoms with van der Waals surface area (Å²) in [4.78, 5) is 1.50. The van der Waals surface area contributed by atoms with Crippen LogP contribution in [0.15, 0.2) is 45.5 Å². The highest BCUT2D eigenvalue weighted by molar-refractivity contribution is 7.93. The van der Waals surface area contributed by atoms with Crippen LogP contribution in [0.1, 0.15) is 10.4 Å². The lowest BCUT2D eigenvalue weighted by atomic mass is 10.2. The summed E-state index contributed by atoms with van der Waals surface area (Å²) in [6.45, 7) is 1.48. The normalized spacial score (nSPS) is 15.8. The number of hydrogen-bond acceptors (Lipinski definition) is 5. The topological polar surface area (TPSA) is 58.2 Å². The molecular weight excluding hydrogens is 280 g/mol. The van der Waals surface area contributed by atoms with Crippen molar-refractivity contribution >= 4 is 21.2 Å². The maximum Gasteiger partial charge on any atom is 0.215 e. The Kier molecular flexibility index (Phi) is 3.40. The number of sulfone groups is 1. The van der Waals surface area contributed by atoms with Crippen molar-refractivity contribution in [3.05, 3.63) is 46.8 Å². The Labute approximate surface area is 116 Å². The van der Waals surface area contributed by atoms with Crippen molar-refractivity contribution in [2.75, 3.05) is 6.54 Å². The molecule has 6 heteroatoms. The molecule has 0 radical (unpaired) electrons. The summed E-state index contributed by atoms with van der Waals surface area (Å²) in [5.74, 6) is 0. The predicted octanol–water partition coefficient (Wildman–Crippen LogP) is 1.73. The lowest BCUT2D eigenvalue weighted by Crippen LogP contribution is -2.30. The Morgan fingerprint density at radius 2 is 1.89 bits per heavy atom. The van der Waals surface area contributed by atoms with Gasteiger partial charge in [-0.3, -0.25) is 10.9 Å². The highest BCUT2D eigenvalue weighted by Gasteiger charge is 2.22. The standard InChI is InChI=1S/C13H14N2O2S2/c16-19(17,11-4-2-1-3-5-11)13-8-10-9-15-14-7-6-12(10)18-13/h1-5,8,14-15H,6-7,9H2. The summed E-state index contributed by atoms with van der Waals surface area (Å²) >= 11 is 1.38. The fourth-order valence-electron chi connectivity index (χ4n) is 2.07. The van der Waals surface area contributed by atoms with E-state index < -0.39 is 9.84 Å². The zero-order valence-electron chi connectivity index (χ0n) is 10.2. The molecule has 0 fully saturated rings. The van der Waals surface area contributed by atoms with Gasteiger partial charge in [0.05, 0.1) is 4.90 Å². The Morgan fingerprint density at radius 3 is 2.68 bits per heavy atom. The van der Waals surface area contributed by atoms with Crippen molar-refractivity contribution in [1.29, 1.82) is 0 Å². The third-order valence-electron chi connectivity index (χ3n) is 3.07. The molecule has 0 aliphatic carbocycles. The molecule has 2 N–H and O–H groups in total. The molecule has 0 unspecified atom stereocenters. The van der Waals surface area contributed by atoms with Crippen LogP contribution < -0.4 is 10.9 Å². The van der Waals surface area contributed by atoms with E-state index in [-0.39, 0.29) is 0 Å². The average Bonchev–Trinajstić information content (AvgIpc) is 2.72. The van der Waals surface area contributed by atoms with E-state index in [0.29, 0.717) is 15.6 Å². The molecule has 0 bridgehead atoms. The number of fused-ring (bicyclic) bond motifs is 1. The van der Waals surface area contributed by atoms with E-state index in [1.54, 1.807) is 30.3 Å². The smallest absolute Gasteiger partial charge is 0.215 e. The first kappa shape index (κ1) is 12.8. The van der Waals surface area contributed by atoms with Gasteiger partial charge in [0.1, 0.15) is 4.21 Å². The van der Waals surface area contributed by atoms with Crippen molar-refractivity contribution < 1.29 is 8.42 Å². The third kappa shape index (κ3) is 2.44. The molecule has 4 nitrogen and oxygen atoms in total. The van der Waals surface area contributed by atoms with E-state index >= 15 is 0 Å². The lowest BCUT2D eigenvalue weighted by molar-refractivity contribution is 0.553. The second-order valence-corrected chi connectivity index (χ2v) is 7.67. The molecule has 19 heavy (non-hydrogen) atoms. The highest BCUT2D eigenvalue weighted by atomic mass is 32.2. The van der Waals surface area contributed by atoms with Crippen LogP contribution in [0.5, 0.6) is 0 Å². The van der Waals surface area contributed by atoms with Crippen LogP contribution in [0.2, 0.25) is 0 Å². The minimum atomic E-state index is -3.37. The Bertz CT molecular complexity index is 654. The van der Waals surface area contributed by atoms with E-state index in [2.05, 4.69) is 10.9 Å². The van der Waals surface area contributed by atoms with Gasteiger partial charge in [0, 0.05) is 18.0 Å². The van der Waals surface area contributed by atoms with Gasteiger partial charge in [-0.05, 0) is 30.2 Å². The molecule has 0 amide bonds. The van der Waals surface area contributed by atoms with Crippen molar-refractivity contribution in [2.45, 2.75) is 22.1 Å². The van der Waals surface area contributed by atoms with Gasteiger partial charge < -0.3 is 0 Å². The van der Waals surface area contributed by atoms with Crippen LogP contribution in [0, 0.1) is 0 Å². The molecule has 0 saturated carbocycles. The molecule has 1 aliphatic heterocycles. The lowest BCUT2D eigenvalue weighted by Gasteiger charge is -2.01. The number of hydrazine groups is 1. The van der Waals surface area contributed by atoms with Gasteiger partial charge in [0.2, 0.25) is 9.84 Å². The van der Waals surface area contributed by atoms with E-state index in [0.717, 1.165) is 23.4 Å². The van der Waals surface area contributed by atoms with Crippen molar-refractivity contribution in [3.8, 4) is 0 Å². The van der Waals surface area contributed by atoms with Crippen LogP contribution in [0.25, 0.3) is 0 Å². The van der Waals surface area contributed by atoms with Crippen molar-refractivity contribution in [1.82, 2.24) is 10.9 Å². The first-order chi connectivity index (χ1) is 9.18. The SMILES string of the molecule is O=S(=O)(c1ccccc1)c1cc2c(s1)CCNNC2. The Hall–Kier alpha value is -1.21. The molecule has 0 atom stereocenters. The third-order valence-corrected chi connectivity index (χ3v) is 6.55. The number of hydrogen-bond donors (Lipinski definition) is 2. The zero-order chi connectivity index (χ0) is 13.3. The monoisotopic (exact) mass is 294 g/mol. The van der Waals surface area contributed by atoms with Gasteiger partial charge in [0.15, 0.2) is 0 Å². The summed E-state index contributed by atoms with van der Waals surface area (Å²) in [6, 6.07) is 10.4. The van der Waals surface area contributed by atoms with Gasteiger partial charge >= 0.3 is 0 Å². The van der Waals surface area contributed by atoms with Crippen molar-refractivity contribution in [2.24, 2.45) is 0 Å². The van der Waals surface area contributed by atoms with Crippen LogP contribution >= 0.6 is 11.3 Å². The molecule has 1 aromatic carbocycles. The molecule has 2 heterocycles. The van der Waals surface area contributed by atoms with Gasteiger partial charge in [-0.2, -0.15) is 0 Å². The van der Waals surface area contributed by atoms with Gasteiger partial charge in [-0.15, -0.1) is 11.3 Å². The first-order valence-electron chi connectivity index (χ1n) is 6.05. The predicted molar refractivity (Wildman–Crippen MR) is 74.8 cm³/mol. The second kappa shape index (κ2) is 5.05. The maximum atomic E-state index is 12.5. The van der Waals surface area contributed by atoms with E-state index in [1.807, 2.05) is 6.07 Å². The highest BCUT2D eigenvalue weighted by Crippen LogP contribution is 2.31. The van der Waals surface area contributed by atoms with Crippen LogP contribution in [0.3, 0.4) is 0 Å². The number of thiophene rings is 1. The van der Waals surface area contributed by atoms with Crippen LogP contribution in [0.4, 0.5) is 0 Å². The van der Waals surface area contributed by atoms with Crippen molar-refractivity contribution in [3.63, 3.8) is 0 Å². The molecule has 0 saturated heterocycles. The maximum absolute atomic E-state index is 12.5.